The van der Waals surface area contributed by atoms with E-state index >= 15 is 0 Å². The number of aliphatic hydroxyl groups is 1. The molecule has 2 aliphatic heterocycles. The van der Waals surface area contributed by atoms with E-state index in [1.807, 2.05) is 26.8 Å². The van der Waals surface area contributed by atoms with E-state index in [4.69, 9.17) is 14.2 Å². The molecule has 8 nitrogen and oxygen atoms in total. The lowest BCUT2D eigenvalue weighted by atomic mass is 9.85. The quantitative estimate of drug-likeness (QED) is 0.323. The third-order valence-electron chi connectivity index (χ3n) is 6.37. The fourth-order valence-corrected chi connectivity index (χ4v) is 4.46. The number of Topliss-reactive ketones (excluding diaryl/α,β-unsaturated/α-hetero) is 1. The number of nitrogens with zero attached hydrogens (tertiary/aromatic N) is 2. The summed E-state index contributed by atoms with van der Waals surface area (Å²) in [6.45, 7) is 6.21. The van der Waals surface area contributed by atoms with Crippen molar-refractivity contribution >= 4 is 23.1 Å². The fraction of sp³-hybridized carbons (Fsp3) is 0.250. The highest BCUT2D eigenvalue weighted by Gasteiger charge is 2.48. The maximum absolute atomic E-state index is 13.5. The van der Waals surface area contributed by atoms with Crippen molar-refractivity contribution in [3.8, 4) is 17.2 Å². The van der Waals surface area contributed by atoms with Crippen LogP contribution in [-0.2, 0) is 15.0 Å². The number of hydrogen-bond acceptors (Lipinski definition) is 7. The third kappa shape index (κ3) is 3.84. The molecule has 1 amide bonds. The summed E-state index contributed by atoms with van der Waals surface area (Å²) in [6, 6.07) is 14.7. The number of rotatable bonds is 4. The van der Waals surface area contributed by atoms with Gasteiger partial charge in [-0.3, -0.25) is 19.5 Å². The number of aliphatic hydroxyl groups excluding tert-OH is 1. The Kier molecular flexibility index (Phi) is 5.67. The average Bonchev–Trinajstić information content (AvgIpc) is 3.45. The molecule has 1 N–H and O–H groups in total. The zero-order valence-electron chi connectivity index (χ0n) is 20.4. The zero-order chi connectivity index (χ0) is 25.6. The summed E-state index contributed by atoms with van der Waals surface area (Å²) in [5.74, 6) is -0.520. The van der Waals surface area contributed by atoms with E-state index in [2.05, 4.69) is 4.98 Å². The summed E-state index contributed by atoms with van der Waals surface area (Å²) in [4.78, 5) is 32.6. The number of benzene rings is 2. The van der Waals surface area contributed by atoms with E-state index in [9.17, 15) is 14.7 Å². The summed E-state index contributed by atoms with van der Waals surface area (Å²) in [7, 11) is 1.49. The molecule has 0 aliphatic carbocycles. The molecule has 1 aromatic heterocycles. The molecule has 2 aromatic carbocycles. The van der Waals surface area contributed by atoms with Crippen LogP contribution < -0.4 is 19.1 Å². The second-order valence-corrected chi connectivity index (χ2v) is 9.63. The Morgan fingerprint density at radius 1 is 1.06 bits per heavy atom. The normalized spacial score (nSPS) is 18.6. The van der Waals surface area contributed by atoms with Crippen LogP contribution in [-0.4, -0.2) is 35.7 Å². The molecule has 1 unspecified atom stereocenters. The van der Waals surface area contributed by atoms with Crippen LogP contribution in [0.3, 0.4) is 0 Å². The van der Waals surface area contributed by atoms with E-state index in [1.165, 1.54) is 12.0 Å². The number of ketones is 1. The number of fused-ring (bicyclic) bond motifs is 1. The van der Waals surface area contributed by atoms with Gasteiger partial charge in [0.25, 0.3) is 11.7 Å². The average molecular weight is 487 g/mol. The Hall–Kier alpha value is -4.33. The molecule has 0 bridgehead atoms. The highest BCUT2D eigenvalue weighted by atomic mass is 16.7. The van der Waals surface area contributed by atoms with E-state index < -0.39 is 17.7 Å². The van der Waals surface area contributed by atoms with Crippen LogP contribution in [0.25, 0.3) is 5.76 Å². The van der Waals surface area contributed by atoms with Crippen molar-refractivity contribution in [2.45, 2.75) is 32.2 Å². The molecule has 36 heavy (non-hydrogen) atoms. The van der Waals surface area contributed by atoms with Gasteiger partial charge in [-0.1, -0.05) is 32.9 Å². The number of carbonyl (C=O) groups excluding carboxylic acids is 2. The van der Waals surface area contributed by atoms with Gasteiger partial charge in [-0.05, 0) is 47.4 Å². The largest absolute Gasteiger partial charge is 0.507 e. The zero-order valence-corrected chi connectivity index (χ0v) is 20.4. The first-order chi connectivity index (χ1) is 17.2. The fourth-order valence-electron chi connectivity index (χ4n) is 4.46. The number of amides is 1. The van der Waals surface area contributed by atoms with Crippen LogP contribution in [0.5, 0.6) is 17.2 Å². The highest BCUT2D eigenvalue weighted by molar-refractivity contribution is 6.51. The van der Waals surface area contributed by atoms with E-state index in [1.54, 1.807) is 54.7 Å². The van der Waals surface area contributed by atoms with Crippen molar-refractivity contribution in [3.05, 3.63) is 83.2 Å². The first-order valence-electron chi connectivity index (χ1n) is 11.5. The van der Waals surface area contributed by atoms with Crippen molar-refractivity contribution in [3.63, 3.8) is 0 Å². The molecule has 0 radical (unpaired) electrons. The molecule has 1 saturated heterocycles. The number of hydrogen-bond donors (Lipinski definition) is 1. The lowest BCUT2D eigenvalue weighted by Crippen LogP contribution is -2.29. The van der Waals surface area contributed by atoms with E-state index in [0.29, 0.717) is 34.2 Å². The van der Waals surface area contributed by atoms with Gasteiger partial charge in [0.05, 0.1) is 23.9 Å². The van der Waals surface area contributed by atoms with Crippen molar-refractivity contribution in [2.24, 2.45) is 0 Å². The molecule has 3 heterocycles. The van der Waals surface area contributed by atoms with Gasteiger partial charge in [0.2, 0.25) is 6.79 Å². The molecule has 8 heteroatoms. The highest BCUT2D eigenvalue weighted by Crippen LogP contribution is 2.45. The Morgan fingerprint density at radius 2 is 1.83 bits per heavy atom. The van der Waals surface area contributed by atoms with Crippen molar-refractivity contribution in [2.75, 3.05) is 18.8 Å². The standard InChI is InChI=1S/C28H26N2O6/c1-28(2,3)16-8-10-20(34-4)18(13-16)25(31)23-24(19-7-5-6-12-29-19)30(27(33)26(23)32)17-9-11-21-22(14-17)36-15-35-21/h5-14,24,31H,15H2,1-4H3/b25-23+. The number of methoxy groups -OCH3 is 1. The topological polar surface area (TPSA) is 98.2 Å². The molecule has 0 spiro atoms. The number of carbonyl (C=O) groups is 2. The second kappa shape index (κ2) is 8.71. The Labute approximate surface area is 208 Å². The summed E-state index contributed by atoms with van der Waals surface area (Å²) in [5.41, 5.74) is 1.83. The minimum absolute atomic E-state index is 0.0688. The van der Waals surface area contributed by atoms with E-state index in [0.717, 1.165) is 5.56 Å². The van der Waals surface area contributed by atoms with Gasteiger partial charge in [0.1, 0.15) is 17.6 Å². The van der Waals surface area contributed by atoms with Gasteiger partial charge in [0, 0.05) is 18.0 Å². The molecule has 184 valence electrons. The Morgan fingerprint density at radius 3 is 2.53 bits per heavy atom. The molecule has 5 rings (SSSR count). The van der Waals surface area contributed by atoms with Crippen LogP contribution in [0.4, 0.5) is 5.69 Å². The molecule has 3 aromatic rings. The predicted octanol–water partition coefficient (Wildman–Crippen LogP) is 4.74. The summed E-state index contributed by atoms with van der Waals surface area (Å²) < 4.78 is 16.4. The lowest BCUT2D eigenvalue weighted by Gasteiger charge is -2.25. The van der Waals surface area contributed by atoms with Crippen LogP contribution in [0.1, 0.15) is 43.6 Å². The first-order valence-corrected chi connectivity index (χ1v) is 11.5. The van der Waals surface area contributed by atoms with Crippen LogP contribution in [0, 0.1) is 0 Å². The molecular weight excluding hydrogens is 460 g/mol. The SMILES string of the molecule is COc1ccc(C(C)(C)C)cc1/C(O)=C1\C(=O)C(=O)N(c2ccc3c(c2)OCO3)C1c1ccccn1. The van der Waals surface area contributed by atoms with Crippen molar-refractivity contribution in [1.29, 1.82) is 0 Å². The maximum Gasteiger partial charge on any atom is 0.300 e. The molecular formula is C28H26N2O6. The summed E-state index contributed by atoms with van der Waals surface area (Å²) in [6.07, 6.45) is 1.58. The maximum atomic E-state index is 13.5. The molecule has 1 atom stereocenters. The number of anilines is 1. The monoisotopic (exact) mass is 486 g/mol. The van der Waals surface area contributed by atoms with Crippen LogP contribution in [0.15, 0.2) is 66.4 Å². The minimum Gasteiger partial charge on any atom is -0.507 e. The smallest absolute Gasteiger partial charge is 0.300 e. The molecule has 1 fully saturated rings. The lowest BCUT2D eigenvalue weighted by molar-refractivity contribution is -0.132. The first kappa shape index (κ1) is 23.4. The Bertz CT molecular complexity index is 1390. The summed E-state index contributed by atoms with van der Waals surface area (Å²) in [5, 5.41) is 11.6. The van der Waals surface area contributed by atoms with E-state index in [-0.39, 0.29) is 23.5 Å². The van der Waals surface area contributed by atoms with Gasteiger partial charge >= 0.3 is 0 Å². The van der Waals surface area contributed by atoms with Crippen LogP contribution in [0.2, 0.25) is 0 Å². The second-order valence-electron chi connectivity index (χ2n) is 9.63. The van der Waals surface area contributed by atoms with Crippen LogP contribution >= 0.6 is 0 Å². The summed E-state index contributed by atoms with van der Waals surface area (Å²) >= 11 is 0. The van der Waals surface area contributed by atoms with Gasteiger partial charge < -0.3 is 19.3 Å². The van der Waals surface area contributed by atoms with Crippen molar-refractivity contribution < 1.29 is 28.9 Å². The minimum atomic E-state index is -0.963. The van der Waals surface area contributed by atoms with Gasteiger partial charge in [-0.15, -0.1) is 0 Å². The van der Waals surface area contributed by atoms with Gasteiger partial charge in [0.15, 0.2) is 11.5 Å². The molecule has 2 aliphatic rings. The molecule has 0 saturated carbocycles. The predicted molar refractivity (Wildman–Crippen MR) is 133 cm³/mol. The number of pyridine rings is 1. The third-order valence-corrected chi connectivity index (χ3v) is 6.37. The Balaban J connectivity index is 1.73. The number of ether oxygens (including phenoxy) is 3. The van der Waals surface area contributed by atoms with Gasteiger partial charge in [-0.2, -0.15) is 0 Å². The van der Waals surface area contributed by atoms with Crippen molar-refractivity contribution in [1.82, 2.24) is 4.98 Å². The number of aromatic nitrogens is 1. The van der Waals surface area contributed by atoms with Gasteiger partial charge in [-0.25, -0.2) is 0 Å².